The van der Waals surface area contributed by atoms with Crippen molar-refractivity contribution in [2.45, 2.75) is 68.0 Å². The average molecular weight is 476 g/mol. The molecule has 0 spiro atoms. The highest BCUT2D eigenvalue weighted by Crippen LogP contribution is 2.29. The Hall–Kier alpha value is -2.51. The van der Waals surface area contributed by atoms with Crippen LogP contribution in [0.1, 0.15) is 57.3 Å². The van der Waals surface area contributed by atoms with Gasteiger partial charge in [-0.3, -0.25) is 0 Å². The fourth-order valence-electron chi connectivity index (χ4n) is 3.12. The summed E-state index contributed by atoms with van der Waals surface area (Å²) < 4.78 is 3.98. The minimum atomic E-state index is 0.408. The van der Waals surface area contributed by atoms with Crippen molar-refractivity contribution >= 4 is 50.9 Å². The minimum absolute atomic E-state index is 0.408. The number of aryl methyl sites for hydroxylation is 3. The van der Waals surface area contributed by atoms with Crippen molar-refractivity contribution in [2.24, 2.45) is 4.99 Å². The van der Waals surface area contributed by atoms with Gasteiger partial charge in [-0.15, -0.1) is 0 Å². The predicted octanol–water partition coefficient (Wildman–Crippen LogP) is 6.60. The van der Waals surface area contributed by atoms with Crippen LogP contribution in [0, 0.1) is 20.8 Å². The van der Waals surface area contributed by atoms with Crippen LogP contribution in [-0.4, -0.2) is 34.8 Å². The summed E-state index contributed by atoms with van der Waals surface area (Å²) in [5.41, 5.74) is 2.98. The van der Waals surface area contributed by atoms with Crippen LogP contribution in [0.2, 0.25) is 5.15 Å². The SMILES string of the molecule is C=C(Cl)c1c(N=C(C)C)nc(C)n1C/C=C/Cn1c(C)nc2nc(C)nc(Cl)c21.CCC. The van der Waals surface area contributed by atoms with Gasteiger partial charge in [-0.1, -0.05) is 62.2 Å². The van der Waals surface area contributed by atoms with Gasteiger partial charge in [0.1, 0.15) is 28.7 Å². The van der Waals surface area contributed by atoms with E-state index >= 15 is 0 Å². The van der Waals surface area contributed by atoms with E-state index in [-0.39, 0.29) is 0 Å². The Morgan fingerprint density at radius 3 is 2.09 bits per heavy atom. The van der Waals surface area contributed by atoms with E-state index in [1.165, 1.54) is 6.42 Å². The molecule has 0 bridgehead atoms. The zero-order chi connectivity index (χ0) is 24.0. The molecule has 0 aliphatic carbocycles. The lowest BCUT2D eigenvalue weighted by Crippen LogP contribution is -2.03. The van der Waals surface area contributed by atoms with Gasteiger partial charge >= 0.3 is 0 Å². The number of rotatable bonds is 6. The van der Waals surface area contributed by atoms with Crippen LogP contribution in [0.4, 0.5) is 5.82 Å². The first-order chi connectivity index (χ1) is 15.1. The summed E-state index contributed by atoms with van der Waals surface area (Å²) in [4.78, 5) is 22.1. The van der Waals surface area contributed by atoms with Crippen LogP contribution in [0.5, 0.6) is 0 Å². The molecule has 9 heteroatoms. The number of nitrogens with zero attached hydrogens (tertiary/aromatic N) is 7. The van der Waals surface area contributed by atoms with Crippen LogP contribution in [0.25, 0.3) is 16.2 Å². The van der Waals surface area contributed by atoms with E-state index in [0.717, 1.165) is 28.6 Å². The van der Waals surface area contributed by atoms with Gasteiger partial charge in [0.25, 0.3) is 0 Å². The van der Waals surface area contributed by atoms with Crippen LogP contribution < -0.4 is 0 Å². The summed E-state index contributed by atoms with van der Waals surface area (Å²) in [5.74, 6) is 2.84. The fourth-order valence-corrected chi connectivity index (χ4v) is 3.61. The maximum atomic E-state index is 6.32. The van der Waals surface area contributed by atoms with E-state index in [4.69, 9.17) is 23.2 Å². The average Bonchev–Trinajstić information content (AvgIpc) is 3.14. The van der Waals surface area contributed by atoms with Gasteiger partial charge in [0.2, 0.25) is 0 Å². The predicted molar refractivity (Wildman–Crippen MR) is 135 cm³/mol. The minimum Gasteiger partial charge on any atom is -0.322 e. The molecule has 3 aromatic heterocycles. The first kappa shape index (κ1) is 25.7. The van der Waals surface area contributed by atoms with Crippen molar-refractivity contribution in [3.63, 3.8) is 0 Å². The van der Waals surface area contributed by atoms with Gasteiger partial charge in [-0.2, -0.15) is 0 Å². The quantitative estimate of drug-likeness (QED) is 0.228. The molecule has 172 valence electrons. The zero-order valence-electron chi connectivity index (χ0n) is 19.9. The lowest BCUT2D eigenvalue weighted by Gasteiger charge is -2.07. The number of imidazole rings is 2. The first-order valence-corrected chi connectivity index (χ1v) is 11.3. The fraction of sp³-hybridized carbons (Fsp3) is 0.435. The molecule has 7 nitrogen and oxygen atoms in total. The molecule has 0 unspecified atom stereocenters. The number of allylic oxidation sites excluding steroid dienone is 2. The Labute approximate surface area is 199 Å². The lowest BCUT2D eigenvalue weighted by molar-refractivity contribution is 0.758. The Morgan fingerprint density at radius 1 is 0.969 bits per heavy atom. The smallest absolute Gasteiger partial charge is 0.182 e. The third-order valence-corrected chi connectivity index (χ3v) is 4.77. The molecule has 32 heavy (non-hydrogen) atoms. The number of aliphatic imine (C=N–C) groups is 1. The van der Waals surface area contributed by atoms with Crippen LogP contribution >= 0.6 is 23.2 Å². The van der Waals surface area contributed by atoms with Gasteiger partial charge in [0, 0.05) is 18.8 Å². The molecule has 0 aliphatic heterocycles. The number of halogens is 2. The monoisotopic (exact) mass is 475 g/mol. The molecule has 0 aliphatic rings. The second-order valence-corrected chi connectivity index (χ2v) is 8.40. The second kappa shape index (κ2) is 11.4. The topological polar surface area (TPSA) is 73.8 Å². The molecule has 0 N–H and O–H groups in total. The third kappa shape index (κ3) is 6.04. The number of fused-ring (bicyclic) bond motifs is 1. The summed E-state index contributed by atoms with van der Waals surface area (Å²) in [6, 6.07) is 0. The first-order valence-electron chi connectivity index (χ1n) is 10.6. The maximum absolute atomic E-state index is 6.32. The van der Waals surface area contributed by atoms with Crippen LogP contribution in [-0.2, 0) is 13.1 Å². The Bertz CT molecular complexity index is 1170. The molecule has 0 amide bonds. The Kier molecular flexibility index (Phi) is 9.16. The highest BCUT2D eigenvalue weighted by atomic mass is 35.5. The lowest BCUT2D eigenvalue weighted by atomic mass is 10.3. The van der Waals surface area contributed by atoms with Gasteiger partial charge in [-0.25, -0.2) is 24.9 Å². The Balaban J connectivity index is 0.00000114. The van der Waals surface area contributed by atoms with Crippen molar-refractivity contribution in [1.82, 2.24) is 29.1 Å². The maximum Gasteiger partial charge on any atom is 0.182 e. The summed E-state index contributed by atoms with van der Waals surface area (Å²) in [6.45, 7) is 18.8. The molecule has 3 rings (SSSR count). The molecule has 0 atom stereocenters. The summed E-state index contributed by atoms with van der Waals surface area (Å²) in [6.07, 6.45) is 5.33. The van der Waals surface area contributed by atoms with Crippen molar-refractivity contribution in [3.05, 3.63) is 47.1 Å². The second-order valence-electron chi connectivity index (χ2n) is 7.59. The van der Waals surface area contributed by atoms with E-state index in [0.29, 0.717) is 40.6 Å². The van der Waals surface area contributed by atoms with Gasteiger partial charge in [-0.05, 0) is 34.6 Å². The van der Waals surface area contributed by atoms with Gasteiger partial charge < -0.3 is 9.13 Å². The summed E-state index contributed by atoms with van der Waals surface area (Å²) in [5, 5.41) is 0.819. The molecular formula is C23H31Cl2N7. The molecule has 0 aromatic carbocycles. The summed E-state index contributed by atoms with van der Waals surface area (Å²) >= 11 is 12.6. The van der Waals surface area contributed by atoms with Crippen molar-refractivity contribution in [2.75, 3.05) is 0 Å². The molecule has 0 fully saturated rings. The largest absolute Gasteiger partial charge is 0.322 e. The van der Waals surface area contributed by atoms with Crippen LogP contribution in [0.15, 0.2) is 23.7 Å². The van der Waals surface area contributed by atoms with Crippen molar-refractivity contribution < 1.29 is 0 Å². The van der Waals surface area contributed by atoms with E-state index < -0.39 is 0 Å². The zero-order valence-corrected chi connectivity index (χ0v) is 21.4. The molecule has 3 aromatic rings. The highest BCUT2D eigenvalue weighted by Gasteiger charge is 2.16. The number of hydrogen-bond donors (Lipinski definition) is 0. The Morgan fingerprint density at radius 2 is 1.53 bits per heavy atom. The molecule has 0 saturated heterocycles. The molecule has 0 radical (unpaired) electrons. The van der Waals surface area contributed by atoms with Gasteiger partial charge in [0.05, 0.1) is 5.03 Å². The summed E-state index contributed by atoms with van der Waals surface area (Å²) in [7, 11) is 0. The van der Waals surface area contributed by atoms with E-state index in [2.05, 4.69) is 45.4 Å². The molecular weight excluding hydrogens is 445 g/mol. The van der Waals surface area contributed by atoms with E-state index in [1.807, 2.05) is 49.0 Å². The molecule has 3 heterocycles. The van der Waals surface area contributed by atoms with E-state index in [1.54, 1.807) is 6.92 Å². The van der Waals surface area contributed by atoms with Crippen molar-refractivity contribution in [3.8, 4) is 0 Å². The number of aromatic nitrogens is 6. The molecule has 0 saturated carbocycles. The third-order valence-electron chi connectivity index (χ3n) is 4.33. The highest BCUT2D eigenvalue weighted by molar-refractivity contribution is 6.48. The standard InChI is InChI=1S/C20H23Cl2N7.C3H8/c1-11(2)23-19-16(12(3)21)28(14(5)26-19)9-7-8-10-29-15(6)27-20-17(29)18(22)24-13(4)25-20;1-3-2/h7-8H,3,9-10H2,1-2,4-6H3;3H2,1-2H3/b8-7+;. The number of hydrogen-bond acceptors (Lipinski definition) is 5. The van der Waals surface area contributed by atoms with E-state index in [9.17, 15) is 0 Å². The van der Waals surface area contributed by atoms with Gasteiger partial charge in [0.15, 0.2) is 16.6 Å². The van der Waals surface area contributed by atoms with Crippen molar-refractivity contribution in [1.29, 1.82) is 0 Å². The normalized spacial score (nSPS) is 11.0. The van der Waals surface area contributed by atoms with Crippen LogP contribution in [0.3, 0.4) is 0 Å².